The Morgan fingerprint density at radius 3 is 2.08 bits per heavy atom. The van der Waals surface area contributed by atoms with Gasteiger partial charge in [-0.05, 0) is 87.4 Å². The summed E-state index contributed by atoms with van der Waals surface area (Å²) < 4.78 is 49.5. The van der Waals surface area contributed by atoms with Crippen LogP contribution in [0.2, 0.25) is 0 Å². The van der Waals surface area contributed by atoms with E-state index in [1.54, 1.807) is 0 Å². The molecule has 17 heteroatoms. The first-order chi connectivity index (χ1) is 28.9. The van der Waals surface area contributed by atoms with E-state index in [-0.39, 0.29) is 22.9 Å². The Balaban J connectivity index is 0.922. The molecule has 17 nitrogen and oxygen atoms in total. The fourth-order valence-electron chi connectivity index (χ4n) is 13.8. The molecule has 0 unspecified atom stereocenters. The molecular formula is C44H70O17. The van der Waals surface area contributed by atoms with Crippen LogP contribution in [0.15, 0.2) is 11.6 Å². The van der Waals surface area contributed by atoms with Crippen LogP contribution < -0.4 is 0 Å². The number of hydrogen-bond donors (Lipinski definition) is 9. The lowest BCUT2D eigenvalue weighted by atomic mass is 9.46. The van der Waals surface area contributed by atoms with Crippen molar-refractivity contribution in [2.24, 2.45) is 40.4 Å². The van der Waals surface area contributed by atoms with Crippen molar-refractivity contribution in [2.45, 2.75) is 202 Å². The van der Waals surface area contributed by atoms with Gasteiger partial charge in [0.2, 0.25) is 0 Å². The van der Waals surface area contributed by atoms with Gasteiger partial charge in [-0.3, -0.25) is 0 Å². The van der Waals surface area contributed by atoms with Gasteiger partial charge < -0.3 is 83.9 Å². The van der Waals surface area contributed by atoms with Gasteiger partial charge >= 0.3 is 0 Å². The van der Waals surface area contributed by atoms with E-state index in [1.165, 1.54) is 12.5 Å². The third-order valence-electron chi connectivity index (χ3n) is 17.6. The summed E-state index contributed by atoms with van der Waals surface area (Å²) in [6.45, 7) is 9.89. The van der Waals surface area contributed by atoms with Crippen molar-refractivity contribution in [1.29, 1.82) is 0 Å². The predicted octanol–water partition coefficient (Wildman–Crippen LogP) is -0.0319. The van der Waals surface area contributed by atoms with E-state index in [4.69, 9.17) is 37.9 Å². The molecule has 25 atom stereocenters. The first-order valence-electron chi connectivity index (χ1n) is 22.9. The Morgan fingerprint density at radius 1 is 0.705 bits per heavy atom. The highest BCUT2D eigenvalue weighted by molar-refractivity contribution is 5.29. The topological polar surface area (TPSA) is 256 Å². The standard InChI is InChI=1S/C44H70O17/c1-19-8-13-43(54-18-19)21(3)44(53)29(61-43)15-26-24-7-6-22-14-23(9-11-41(22,4)25(24)10-12-42(26,44)5)56-40-37(60-38-34(51)32(49)30(47)20(2)55-38)35(52)36(28(17-46)58-40)59-39-33(50)31(48)27(16-45)57-39/h6,19-21,23-40,45-53H,7-18H2,1-5H3/t19-,20+,21+,23+,24+,25-,26-,27-,28+,29-,30+,31-,32-,33+,34+,35-,36+,37+,38-,39-,40+,41+,42-,43+,44+/m1/s1. The van der Waals surface area contributed by atoms with Crippen molar-refractivity contribution >= 4 is 0 Å². The highest BCUT2D eigenvalue weighted by atomic mass is 16.8. The molecule has 9 rings (SSSR count). The minimum absolute atomic E-state index is 0.109. The van der Waals surface area contributed by atoms with Gasteiger partial charge in [0.1, 0.15) is 66.6 Å². The minimum Gasteiger partial charge on any atom is -0.394 e. The maximum absolute atomic E-state index is 12.8. The fraction of sp³-hybridized carbons (Fsp3) is 0.955. The average molecular weight is 871 g/mol. The predicted molar refractivity (Wildman–Crippen MR) is 210 cm³/mol. The van der Waals surface area contributed by atoms with Gasteiger partial charge in [-0.1, -0.05) is 39.3 Å². The van der Waals surface area contributed by atoms with E-state index < -0.39 is 117 Å². The number of rotatable bonds is 8. The highest BCUT2D eigenvalue weighted by Gasteiger charge is 2.76. The molecule has 61 heavy (non-hydrogen) atoms. The Kier molecular flexibility index (Phi) is 12.2. The number of ether oxygens (including phenoxy) is 8. The zero-order valence-electron chi connectivity index (χ0n) is 36.0. The molecule has 0 amide bonds. The second kappa shape index (κ2) is 16.4. The first kappa shape index (κ1) is 45.2. The second-order valence-corrected chi connectivity index (χ2v) is 20.7. The summed E-state index contributed by atoms with van der Waals surface area (Å²) in [5.74, 6) is 0.693. The van der Waals surface area contributed by atoms with Crippen molar-refractivity contribution in [3.8, 4) is 0 Å². The van der Waals surface area contributed by atoms with Gasteiger partial charge in [0.15, 0.2) is 24.7 Å². The lowest BCUT2D eigenvalue weighted by Crippen LogP contribution is -2.65. The molecule has 8 fully saturated rings. The molecule has 5 saturated heterocycles. The number of fused-ring (bicyclic) bond motifs is 7. The third kappa shape index (κ3) is 6.97. The molecule has 0 radical (unpaired) electrons. The SMILES string of the molecule is C[C@@H]1CC[C@]2(OC1)O[C@@H]1C[C@@H]3[C@H]4CC=C5C[C@@H](O[C@H]6O[C@@H](CO)[C@H](O[C@H]7O[C@H](CO)[C@@H](O)[C@@H]7O)[C@@H](O)[C@@H]6O[C@H]6O[C@@H](C)[C@H](O)[C@@H](O)[C@@H]6O)CC[C@]5(C)[C@@H]4CC[C@@]3(C)[C@]1(O)[C@H]2C. The Hall–Kier alpha value is -0.940. The lowest BCUT2D eigenvalue weighted by molar-refractivity contribution is -0.380. The molecule has 0 bridgehead atoms. The fourth-order valence-corrected chi connectivity index (χ4v) is 13.8. The van der Waals surface area contributed by atoms with Crippen LogP contribution >= 0.6 is 0 Å². The Labute approximate surface area is 357 Å². The van der Waals surface area contributed by atoms with Crippen LogP contribution in [-0.2, 0) is 37.9 Å². The maximum Gasteiger partial charge on any atom is 0.187 e. The highest BCUT2D eigenvalue weighted by Crippen LogP contribution is 2.72. The van der Waals surface area contributed by atoms with E-state index in [9.17, 15) is 46.0 Å². The van der Waals surface area contributed by atoms with Crippen molar-refractivity contribution in [1.82, 2.24) is 0 Å². The number of hydrogen-bond acceptors (Lipinski definition) is 17. The molecule has 9 aliphatic rings. The second-order valence-electron chi connectivity index (χ2n) is 20.7. The zero-order valence-corrected chi connectivity index (χ0v) is 36.0. The Bertz CT molecular complexity index is 1610. The molecule has 5 aliphatic heterocycles. The van der Waals surface area contributed by atoms with Gasteiger partial charge in [0.25, 0.3) is 0 Å². The molecule has 5 heterocycles. The van der Waals surface area contributed by atoms with Gasteiger partial charge in [-0.15, -0.1) is 0 Å². The monoisotopic (exact) mass is 870 g/mol. The summed E-state index contributed by atoms with van der Waals surface area (Å²) >= 11 is 0. The van der Waals surface area contributed by atoms with Gasteiger partial charge in [0.05, 0.1) is 38.1 Å². The summed E-state index contributed by atoms with van der Waals surface area (Å²) in [6, 6.07) is 0. The molecule has 4 aliphatic carbocycles. The van der Waals surface area contributed by atoms with Gasteiger partial charge in [-0.2, -0.15) is 0 Å². The molecule has 3 saturated carbocycles. The minimum atomic E-state index is -1.72. The average Bonchev–Trinajstić information content (AvgIpc) is 3.74. The first-order valence-corrected chi connectivity index (χ1v) is 22.9. The normalized spacial score (nSPS) is 58.2. The smallest absolute Gasteiger partial charge is 0.187 e. The van der Waals surface area contributed by atoms with Crippen LogP contribution in [0.4, 0.5) is 0 Å². The molecule has 9 N–H and O–H groups in total. The van der Waals surface area contributed by atoms with Crippen molar-refractivity contribution < 1.29 is 83.9 Å². The Morgan fingerprint density at radius 2 is 1.39 bits per heavy atom. The number of aliphatic hydroxyl groups excluding tert-OH is 8. The summed E-state index contributed by atoms with van der Waals surface area (Å²) in [4.78, 5) is 0. The molecule has 0 aromatic rings. The third-order valence-corrected chi connectivity index (χ3v) is 17.6. The molecule has 0 aromatic carbocycles. The van der Waals surface area contributed by atoms with Gasteiger partial charge in [-0.25, -0.2) is 0 Å². The molecular weight excluding hydrogens is 800 g/mol. The number of aliphatic hydroxyl groups is 9. The van der Waals surface area contributed by atoms with Crippen LogP contribution in [-0.4, -0.2) is 175 Å². The lowest BCUT2D eigenvalue weighted by Gasteiger charge is -2.60. The summed E-state index contributed by atoms with van der Waals surface area (Å²) in [6.07, 6.45) is -11.0. The van der Waals surface area contributed by atoms with Crippen molar-refractivity contribution in [2.75, 3.05) is 19.8 Å². The van der Waals surface area contributed by atoms with Crippen LogP contribution in [0, 0.1) is 40.4 Å². The summed E-state index contributed by atoms with van der Waals surface area (Å²) in [5.41, 5.74) is -0.100. The van der Waals surface area contributed by atoms with E-state index >= 15 is 0 Å². The van der Waals surface area contributed by atoms with Crippen LogP contribution in [0.3, 0.4) is 0 Å². The van der Waals surface area contributed by atoms with Crippen molar-refractivity contribution in [3.63, 3.8) is 0 Å². The van der Waals surface area contributed by atoms with E-state index in [0.29, 0.717) is 43.1 Å². The van der Waals surface area contributed by atoms with Crippen LogP contribution in [0.5, 0.6) is 0 Å². The molecule has 0 aromatic heterocycles. The molecule has 1 spiro atoms. The van der Waals surface area contributed by atoms with E-state index in [0.717, 1.165) is 44.9 Å². The number of allylic oxidation sites excluding steroid dienone is 1. The quantitative estimate of drug-likeness (QED) is 0.145. The maximum atomic E-state index is 12.8. The summed E-state index contributed by atoms with van der Waals surface area (Å²) in [5, 5.41) is 97.6. The van der Waals surface area contributed by atoms with E-state index in [2.05, 4.69) is 33.8 Å². The largest absolute Gasteiger partial charge is 0.394 e. The van der Waals surface area contributed by atoms with Gasteiger partial charge in [0, 0.05) is 17.8 Å². The van der Waals surface area contributed by atoms with E-state index in [1.807, 2.05) is 0 Å². The van der Waals surface area contributed by atoms with Crippen LogP contribution in [0.1, 0.15) is 92.4 Å². The zero-order chi connectivity index (χ0) is 43.6. The van der Waals surface area contributed by atoms with Crippen molar-refractivity contribution in [3.05, 3.63) is 11.6 Å². The van der Waals surface area contributed by atoms with Crippen LogP contribution in [0.25, 0.3) is 0 Å². The molecule has 348 valence electrons. The summed E-state index contributed by atoms with van der Waals surface area (Å²) in [7, 11) is 0.